The second kappa shape index (κ2) is 5.13. The average molecular weight is 233 g/mol. The highest BCUT2D eigenvalue weighted by Gasteiger charge is 2.31. The molecule has 1 aliphatic carbocycles. The largest absolute Gasteiger partial charge is 0.308 e. The van der Waals surface area contributed by atoms with Crippen LogP contribution in [-0.4, -0.2) is 16.0 Å². The highest BCUT2D eigenvalue weighted by Crippen LogP contribution is 2.35. The van der Waals surface area contributed by atoms with E-state index in [9.17, 15) is 0 Å². The van der Waals surface area contributed by atoms with Gasteiger partial charge in [-0.2, -0.15) is 0 Å². The summed E-state index contributed by atoms with van der Waals surface area (Å²) >= 11 is 0. The van der Waals surface area contributed by atoms with Crippen LogP contribution in [0.5, 0.6) is 0 Å². The second-order valence-electron chi connectivity index (χ2n) is 5.82. The summed E-state index contributed by atoms with van der Waals surface area (Å²) in [6.07, 6.45) is 9.04. The molecule has 1 fully saturated rings. The van der Waals surface area contributed by atoms with Gasteiger partial charge in [0.15, 0.2) is 0 Å². The van der Waals surface area contributed by atoms with E-state index in [1.807, 2.05) is 19.3 Å². The fourth-order valence-electron chi connectivity index (χ4n) is 2.61. The van der Waals surface area contributed by atoms with Gasteiger partial charge in [-0.1, -0.05) is 26.7 Å². The summed E-state index contributed by atoms with van der Waals surface area (Å²) in [5.41, 5.74) is 2.43. The lowest BCUT2D eigenvalue weighted by atomic mass is 9.73. The van der Waals surface area contributed by atoms with Crippen LogP contribution in [0, 0.1) is 12.3 Å². The van der Waals surface area contributed by atoms with Crippen molar-refractivity contribution in [1.82, 2.24) is 15.3 Å². The lowest BCUT2D eigenvalue weighted by Gasteiger charge is -2.39. The SMILES string of the molecule is Cc1cnc(CNC2CCCCC2(C)C)cn1. The zero-order chi connectivity index (χ0) is 12.3. The number of hydrogen-bond acceptors (Lipinski definition) is 3. The topological polar surface area (TPSA) is 37.8 Å². The number of aromatic nitrogens is 2. The molecular formula is C14H23N3. The summed E-state index contributed by atoms with van der Waals surface area (Å²) in [5, 5.41) is 3.65. The van der Waals surface area contributed by atoms with Gasteiger partial charge in [0, 0.05) is 25.0 Å². The van der Waals surface area contributed by atoms with Crippen molar-refractivity contribution in [1.29, 1.82) is 0 Å². The number of nitrogens with zero attached hydrogens (tertiary/aromatic N) is 2. The van der Waals surface area contributed by atoms with Crippen LogP contribution in [-0.2, 0) is 6.54 Å². The summed E-state index contributed by atoms with van der Waals surface area (Å²) in [7, 11) is 0. The minimum Gasteiger partial charge on any atom is -0.308 e. The molecule has 0 bridgehead atoms. The van der Waals surface area contributed by atoms with E-state index < -0.39 is 0 Å². The highest BCUT2D eigenvalue weighted by molar-refractivity contribution is 5.01. The van der Waals surface area contributed by atoms with Gasteiger partial charge in [0.05, 0.1) is 11.4 Å². The Morgan fingerprint density at radius 2 is 2.12 bits per heavy atom. The molecule has 1 saturated carbocycles. The normalized spacial score (nSPS) is 23.6. The first-order chi connectivity index (χ1) is 8.08. The van der Waals surface area contributed by atoms with E-state index in [-0.39, 0.29) is 0 Å². The Labute approximate surface area is 104 Å². The number of nitrogens with one attached hydrogen (secondary N) is 1. The molecular weight excluding hydrogens is 210 g/mol. The predicted molar refractivity (Wildman–Crippen MR) is 69.6 cm³/mol. The smallest absolute Gasteiger partial charge is 0.0724 e. The Morgan fingerprint density at radius 1 is 1.29 bits per heavy atom. The molecule has 2 rings (SSSR count). The van der Waals surface area contributed by atoms with Crippen molar-refractivity contribution < 1.29 is 0 Å². The summed E-state index contributed by atoms with van der Waals surface area (Å²) < 4.78 is 0. The Balaban J connectivity index is 1.91. The predicted octanol–water partition coefficient (Wildman–Crippen LogP) is 2.84. The van der Waals surface area contributed by atoms with E-state index in [4.69, 9.17) is 0 Å². The van der Waals surface area contributed by atoms with Gasteiger partial charge in [-0.15, -0.1) is 0 Å². The number of aryl methyl sites for hydroxylation is 1. The fourth-order valence-corrected chi connectivity index (χ4v) is 2.61. The van der Waals surface area contributed by atoms with Crippen LogP contribution in [0.3, 0.4) is 0 Å². The lowest BCUT2D eigenvalue weighted by molar-refractivity contribution is 0.166. The Kier molecular flexibility index (Phi) is 3.77. The summed E-state index contributed by atoms with van der Waals surface area (Å²) in [6, 6.07) is 0.611. The van der Waals surface area contributed by atoms with Crippen LogP contribution in [0.4, 0.5) is 0 Å². The Bertz CT molecular complexity index is 356. The molecule has 1 N–H and O–H groups in total. The molecule has 0 saturated heterocycles. The van der Waals surface area contributed by atoms with Crippen LogP contribution in [0.25, 0.3) is 0 Å². The maximum atomic E-state index is 4.39. The van der Waals surface area contributed by atoms with Gasteiger partial charge in [0.25, 0.3) is 0 Å². The monoisotopic (exact) mass is 233 g/mol. The van der Waals surface area contributed by atoms with Gasteiger partial charge >= 0.3 is 0 Å². The molecule has 0 amide bonds. The van der Waals surface area contributed by atoms with Gasteiger partial charge in [0.2, 0.25) is 0 Å². The van der Waals surface area contributed by atoms with Crippen molar-refractivity contribution in [3.05, 3.63) is 23.8 Å². The van der Waals surface area contributed by atoms with Crippen LogP contribution in [0.1, 0.15) is 50.9 Å². The van der Waals surface area contributed by atoms with Crippen molar-refractivity contribution >= 4 is 0 Å². The molecule has 1 atom stereocenters. The molecule has 0 aromatic carbocycles. The standard InChI is InChI=1S/C14H23N3/c1-11-8-16-12(9-15-11)10-17-13-6-4-5-7-14(13,2)3/h8-9,13,17H,4-7,10H2,1-3H3. The summed E-state index contributed by atoms with van der Waals surface area (Å²) in [4.78, 5) is 8.66. The molecule has 0 radical (unpaired) electrons. The maximum absolute atomic E-state index is 4.39. The van der Waals surface area contributed by atoms with Crippen LogP contribution in [0.2, 0.25) is 0 Å². The lowest BCUT2D eigenvalue weighted by Crippen LogP contribution is -2.43. The average Bonchev–Trinajstić information content (AvgIpc) is 2.29. The third-order valence-corrected chi connectivity index (χ3v) is 3.87. The van der Waals surface area contributed by atoms with Crippen molar-refractivity contribution in [2.24, 2.45) is 5.41 Å². The van der Waals surface area contributed by atoms with Crippen molar-refractivity contribution in [2.75, 3.05) is 0 Å². The minimum absolute atomic E-state index is 0.413. The van der Waals surface area contributed by atoms with Crippen molar-refractivity contribution in [3.63, 3.8) is 0 Å². The van der Waals surface area contributed by atoms with Crippen molar-refractivity contribution in [3.8, 4) is 0 Å². The van der Waals surface area contributed by atoms with E-state index in [1.54, 1.807) is 0 Å². The number of hydrogen-bond donors (Lipinski definition) is 1. The number of rotatable bonds is 3. The third-order valence-electron chi connectivity index (χ3n) is 3.87. The van der Waals surface area contributed by atoms with E-state index in [2.05, 4.69) is 29.1 Å². The highest BCUT2D eigenvalue weighted by atomic mass is 15.0. The van der Waals surface area contributed by atoms with Crippen LogP contribution >= 0.6 is 0 Å². The molecule has 1 aliphatic rings. The fraction of sp³-hybridized carbons (Fsp3) is 0.714. The molecule has 3 heteroatoms. The van der Waals surface area contributed by atoms with E-state index in [0.29, 0.717) is 11.5 Å². The van der Waals surface area contributed by atoms with Crippen molar-refractivity contribution in [2.45, 2.75) is 59.0 Å². The zero-order valence-corrected chi connectivity index (χ0v) is 11.2. The van der Waals surface area contributed by atoms with Crippen LogP contribution < -0.4 is 5.32 Å². The second-order valence-corrected chi connectivity index (χ2v) is 5.82. The minimum atomic E-state index is 0.413. The van der Waals surface area contributed by atoms with Gasteiger partial charge in [-0.3, -0.25) is 9.97 Å². The molecule has 0 aliphatic heterocycles. The van der Waals surface area contributed by atoms with Gasteiger partial charge in [-0.05, 0) is 25.2 Å². The maximum Gasteiger partial charge on any atom is 0.0724 e. The molecule has 1 aromatic rings. The molecule has 1 unspecified atom stereocenters. The summed E-state index contributed by atoms with van der Waals surface area (Å²) in [5.74, 6) is 0. The van der Waals surface area contributed by atoms with Crippen LogP contribution in [0.15, 0.2) is 12.4 Å². The molecule has 17 heavy (non-hydrogen) atoms. The Hall–Kier alpha value is -0.960. The molecule has 1 heterocycles. The molecule has 1 aromatic heterocycles. The van der Waals surface area contributed by atoms with E-state index >= 15 is 0 Å². The first-order valence-electron chi connectivity index (χ1n) is 6.59. The molecule has 0 spiro atoms. The quantitative estimate of drug-likeness (QED) is 0.872. The third kappa shape index (κ3) is 3.25. The van der Waals surface area contributed by atoms with E-state index in [0.717, 1.165) is 17.9 Å². The van der Waals surface area contributed by atoms with Gasteiger partial charge in [0.1, 0.15) is 0 Å². The first kappa shape index (κ1) is 12.5. The first-order valence-corrected chi connectivity index (χ1v) is 6.59. The van der Waals surface area contributed by atoms with Gasteiger partial charge in [-0.25, -0.2) is 0 Å². The Morgan fingerprint density at radius 3 is 2.76 bits per heavy atom. The summed E-state index contributed by atoms with van der Waals surface area (Å²) in [6.45, 7) is 7.53. The molecule has 3 nitrogen and oxygen atoms in total. The zero-order valence-electron chi connectivity index (χ0n) is 11.2. The molecule has 94 valence electrons. The van der Waals surface area contributed by atoms with Gasteiger partial charge < -0.3 is 5.32 Å². The van der Waals surface area contributed by atoms with E-state index in [1.165, 1.54) is 25.7 Å².